The lowest BCUT2D eigenvalue weighted by molar-refractivity contribution is 0.0951. The van der Waals surface area contributed by atoms with E-state index in [-0.39, 0.29) is 5.91 Å². The molecule has 118 valence electrons. The van der Waals surface area contributed by atoms with Crippen LogP contribution in [0.2, 0.25) is 0 Å². The molecule has 0 atom stereocenters. The van der Waals surface area contributed by atoms with Crippen LogP contribution in [-0.2, 0) is 0 Å². The van der Waals surface area contributed by atoms with Crippen molar-refractivity contribution in [2.75, 3.05) is 0 Å². The molecule has 1 aliphatic rings. The molecule has 1 amide bonds. The van der Waals surface area contributed by atoms with E-state index in [2.05, 4.69) is 35.0 Å². The van der Waals surface area contributed by atoms with Gasteiger partial charge in [0.15, 0.2) is 0 Å². The van der Waals surface area contributed by atoms with E-state index in [9.17, 15) is 4.79 Å². The van der Waals surface area contributed by atoms with E-state index in [1.165, 1.54) is 15.6 Å². The quantitative estimate of drug-likeness (QED) is 0.560. The van der Waals surface area contributed by atoms with Crippen molar-refractivity contribution in [1.29, 1.82) is 0 Å². The van der Waals surface area contributed by atoms with Crippen LogP contribution in [0.15, 0.2) is 47.8 Å². The first-order valence-electron chi connectivity index (χ1n) is 7.96. The minimum absolute atomic E-state index is 0.0235. The molecule has 5 rings (SSSR count). The monoisotopic (exact) mass is 350 g/mol. The van der Waals surface area contributed by atoms with Crippen molar-refractivity contribution in [3.8, 4) is 10.6 Å². The average Bonchev–Trinajstić information content (AvgIpc) is 3.16. The Morgan fingerprint density at radius 3 is 2.88 bits per heavy atom. The normalized spacial score (nSPS) is 14.3. The molecule has 1 fully saturated rings. The van der Waals surface area contributed by atoms with Crippen LogP contribution in [0.1, 0.15) is 23.2 Å². The highest BCUT2D eigenvalue weighted by molar-refractivity contribution is 7.22. The van der Waals surface area contributed by atoms with E-state index in [0.29, 0.717) is 6.04 Å². The SMILES string of the molecule is O=C(NC1CC1)c1ccc2nc(-c3csc4ccccc34)sc2c1. The summed E-state index contributed by atoms with van der Waals surface area (Å²) < 4.78 is 2.33. The Kier molecular flexibility index (Phi) is 3.18. The number of thiazole rings is 1. The van der Waals surface area contributed by atoms with Crippen LogP contribution in [-0.4, -0.2) is 16.9 Å². The van der Waals surface area contributed by atoms with Gasteiger partial charge in [0.05, 0.1) is 10.2 Å². The second kappa shape index (κ2) is 5.40. The lowest BCUT2D eigenvalue weighted by atomic mass is 10.2. The molecule has 3 nitrogen and oxygen atoms in total. The Morgan fingerprint density at radius 2 is 2.00 bits per heavy atom. The van der Waals surface area contributed by atoms with Crippen LogP contribution >= 0.6 is 22.7 Å². The summed E-state index contributed by atoms with van der Waals surface area (Å²) in [5, 5.41) is 7.47. The van der Waals surface area contributed by atoms with Crippen LogP contribution < -0.4 is 5.32 Å². The van der Waals surface area contributed by atoms with Gasteiger partial charge in [0.25, 0.3) is 5.91 Å². The molecule has 0 bridgehead atoms. The summed E-state index contributed by atoms with van der Waals surface area (Å²) in [6.07, 6.45) is 2.20. The predicted molar refractivity (Wildman–Crippen MR) is 101 cm³/mol. The Balaban J connectivity index is 1.56. The highest BCUT2D eigenvalue weighted by Gasteiger charge is 2.24. The topological polar surface area (TPSA) is 42.0 Å². The number of carbonyl (C=O) groups is 1. The maximum absolute atomic E-state index is 12.2. The van der Waals surface area contributed by atoms with Gasteiger partial charge in [0.2, 0.25) is 0 Å². The predicted octanol–water partition coefficient (Wildman–Crippen LogP) is 5.07. The number of amides is 1. The van der Waals surface area contributed by atoms with E-state index < -0.39 is 0 Å². The molecule has 0 saturated heterocycles. The third-order valence-electron chi connectivity index (χ3n) is 4.27. The first kappa shape index (κ1) is 14.1. The van der Waals surface area contributed by atoms with Crippen molar-refractivity contribution < 1.29 is 4.79 Å². The number of fused-ring (bicyclic) bond motifs is 2. The molecule has 1 aliphatic carbocycles. The van der Waals surface area contributed by atoms with E-state index in [1.807, 2.05) is 18.2 Å². The van der Waals surface area contributed by atoms with E-state index >= 15 is 0 Å². The highest BCUT2D eigenvalue weighted by Crippen LogP contribution is 2.38. The second-order valence-corrected chi connectivity index (χ2v) is 8.04. The fraction of sp³-hybridized carbons (Fsp3) is 0.158. The van der Waals surface area contributed by atoms with Gasteiger partial charge in [0.1, 0.15) is 5.01 Å². The van der Waals surface area contributed by atoms with Gasteiger partial charge in [-0.3, -0.25) is 4.79 Å². The minimum Gasteiger partial charge on any atom is -0.349 e. The van der Waals surface area contributed by atoms with Crippen LogP contribution in [0.5, 0.6) is 0 Å². The van der Waals surface area contributed by atoms with Gasteiger partial charge in [-0.15, -0.1) is 22.7 Å². The molecule has 5 heteroatoms. The third kappa shape index (κ3) is 2.41. The smallest absolute Gasteiger partial charge is 0.251 e. The van der Waals surface area contributed by atoms with Gasteiger partial charge in [-0.2, -0.15) is 0 Å². The molecule has 24 heavy (non-hydrogen) atoms. The Morgan fingerprint density at radius 1 is 1.12 bits per heavy atom. The third-order valence-corrected chi connectivity index (χ3v) is 6.29. The Bertz CT molecular complexity index is 1080. The fourth-order valence-corrected chi connectivity index (χ4v) is 4.88. The summed E-state index contributed by atoms with van der Waals surface area (Å²) in [5.74, 6) is 0.0235. The standard InChI is InChI=1S/C19H14N2OS2/c22-18(20-12-6-7-12)11-5-8-15-17(9-11)24-19(21-15)14-10-23-16-4-2-1-3-13(14)16/h1-5,8-10,12H,6-7H2,(H,20,22). The molecule has 1 saturated carbocycles. The molecule has 0 radical (unpaired) electrons. The van der Waals surface area contributed by atoms with Crippen molar-refractivity contribution >= 4 is 48.9 Å². The van der Waals surface area contributed by atoms with Gasteiger partial charge in [0, 0.05) is 32.6 Å². The van der Waals surface area contributed by atoms with Gasteiger partial charge in [-0.1, -0.05) is 18.2 Å². The van der Waals surface area contributed by atoms with Gasteiger partial charge >= 0.3 is 0 Å². The first-order valence-corrected chi connectivity index (χ1v) is 9.65. The number of nitrogens with one attached hydrogen (secondary N) is 1. The zero-order valence-electron chi connectivity index (χ0n) is 12.8. The molecule has 4 aromatic rings. The Hall–Kier alpha value is -2.24. The largest absolute Gasteiger partial charge is 0.349 e. The summed E-state index contributed by atoms with van der Waals surface area (Å²) >= 11 is 3.39. The number of carbonyl (C=O) groups excluding carboxylic acids is 1. The molecule has 0 spiro atoms. The number of benzene rings is 2. The fourth-order valence-electron chi connectivity index (χ4n) is 2.82. The number of hydrogen-bond acceptors (Lipinski definition) is 4. The number of thiophene rings is 1. The maximum atomic E-state index is 12.2. The summed E-state index contributed by atoms with van der Waals surface area (Å²) in [6, 6.07) is 14.6. The van der Waals surface area contributed by atoms with Crippen molar-refractivity contribution in [3.05, 3.63) is 53.4 Å². The molecular weight excluding hydrogens is 336 g/mol. The number of hydrogen-bond donors (Lipinski definition) is 1. The summed E-state index contributed by atoms with van der Waals surface area (Å²) in [6.45, 7) is 0. The van der Waals surface area contributed by atoms with Gasteiger partial charge in [-0.05, 0) is 37.1 Å². The molecule has 0 aliphatic heterocycles. The van der Waals surface area contributed by atoms with Crippen LogP contribution in [0, 0.1) is 0 Å². The summed E-state index contributed by atoms with van der Waals surface area (Å²) in [4.78, 5) is 17.0. The van der Waals surface area contributed by atoms with E-state index in [4.69, 9.17) is 4.98 Å². The lowest BCUT2D eigenvalue weighted by Crippen LogP contribution is -2.25. The van der Waals surface area contributed by atoms with Gasteiger partial charge in [-0.25, -0.2) is 4.98 Å². The molecule has 1 N–H and O–H groups in total. The van der Waals surface area contributed by atoms with E-state index in [0.717, 1.165) is 33.6 Å². The molecule has 0 unspecified atom stereocenters. The van der Waals surface area contributed by atoms with Crippen LogP contribution in [0.4, 0.5) is 0 Å². The lowest BCUT2D eigenvalue weighted by Gasteiger charge is -2.02. The summed E-state index contributed by atoms with van der Waals surface area (Å²) in [5.41, 5.74) is 2.86. The number of nitrogens with zero attached hydrogens (tertiary/aromatic N) is 1. The van der Waals surface area contributed by atoms with Crippen molar-refractivity contribution in [1.82, 2.24) is 10.3 Å². The molecular formula is C19H14N2OS2. The second-order valence-electron chi connectivity index (χ2n) is 6.09. The molecule has 2 heterocycles. The zero-order valence-corrected chi connectivity index (χ0v) is 14.4. The minimum atomic E-state index is 0.0235. The van der Waals surface area contributed by atoms with Crippen molar-refractivity contribution in [2.45, 2.75) is 18.9 Å². The molecule has 2 aromatic carbocycles. The van der Waals surface area contributed by atoms with Crippen molar-refractivity contribution in [2.24, 2.45) is 0 Å². The van der Waals surface area contributed by atoms with Gasteiger partial charge < -0.3 is 5.32 Å². The zero-order chi connectivity index (χ0) is 16.1. The Labute approximate surface area is 147 Å². The summed E-state index contributed by atoms with van der Waals surface area (Å²) in [7, 11) is 0. The average molecular weight is 350 g/mol. The van der Waals surface area contributed by atoms with E-state index in [1.54, 1.807) is 22.7 Å². The number of rotatable bonds is 3. The first-order chi connectivity index (χ1) is 11.8. The highest BCUT2D eigenvalue weighted by atomic mass is 32.1. The molecule has 2 aromatic heterocycles. The number of aromatic nitrogens is 1. The van der Waals surface area contributed by atoms with Crippen LogP contribution in [0.3, 0.4) is 0 Å². The van der Waals surface area contributed by atoms with Crippen molar-refractivity contribution in [3.63, 3.8) is 0 Å². The van der Waals surface area contributed by atoms with Crippen LogP contribution in [0.25, 0.3) is 30.9 Å². The maximum Gasteiger partial charge on any atom is 0.251 e.